The van der Waals surface area contributed by atoms with E-state index in [-0.39, 0.29) is 5.54 Å². The Morgan fingerprint density at radius 3 is 2.59 bits per heavy atom. The van der Waals surface area contributed by atoms with Gasteiger partial charge < -0.3 is 10.0 Å². The third-order valence-corrected chi connectivity index (χ3v) is 6.01. The monoisotopic (exact) mass is 392 g/mol. The zero-order valence-electron chi connectivity index (χ0n) is 18.4. The summed E-state index contributed by atoms with van der Waals surface area (Å²) in [7, 11) is 0. The molecule has 0 amide bonds. The summed E-state index contributed by atoms with van der Waals surface area (Å²) in [5, 5.41) is 9.14. The highest BCUT2D eigenvalue weighted by atomic mass is 16.4. The van der Waals surface area contributed by atoms with Crippen LogP contribution in [0.1, 0.15) is 79.1 Å². The van der Waals surface area contributed by atoms with Crippen LogP contribution in [0.25, 0.3) is 0 Å². The Morgan fingerprint density at radius 1 is 1.24 bits per heavy atom. The summed E-state index contributed by atoms with van der Waals surface area (Å²) in [5.41, 5.74) is 7.18. The Kier molecular flexibility index (Phi) is 5.83. The van der Waals surface area contributed by atoms with Crippen LogP contribution in [0.4, 0.5) is 11.4 Å². The van der Waals surface area contributed by atoms with E-state index in [1.54, 1.807) is 18.2 Å². The van der Waals surface area contributed by atoms with Crippen LogP contribution in [0, 0.1) is 13.8 Å². The normalized spacial score (nSPS) is 18.1. The fourth-order valence-electron chi connectivity index (χ4n) is 4.51. The number of carboxylic acids is 1. The molecular weight excluding hydrogens is 360 g/mol. The number of anilines is 1. The molecule has 3 rings (SSSR count). The highest BCUT2D eigenvalue weighted by Gasteiger charge is 2.36. The van der Waals surface area contributed by atoms with Gasteiger partial charge in [-0.1, -0.05) is 13.8 Å². The highest BCUT2D eigenvalue weighted by molar-refractivity contribution is 5.89. The molecule has 29 heavy (non-hydrogen) atoms. The van der Waals surface area contributed by atoms with Gasteiger partial charge in [-0.2, -0.15) is 0 Å². The molecule has 1 aliphatic heterocycles. The molecule has 1 N–H and O–H groups in total. The van der Waals surface area contributed by atoms with Gasteiger partial charge in [-0.05, 0) is 99.0 Å². The third kappa shape index (κ3) is 4.21. The van der Waals surface area contributed by atoms with Crippen molar-refractivity contribution in [3.05, 3.63) is 58.1 Å². The van der Waals surface area contributed by atoms with Gasteiger partial charge in [-0.25, -0.2) is 4.79 Å². The number of carbonyl (C=O) groups is 1. The quantitative estimate of drug-likeness (QED) is 0.612. The molecule has 4 heteroatoms. The second-order valence-corrected chi connectivity index (χ2v) is 8.90. The standard InChI is InChI=1S/C25H32N2O2/c1-7-10-27-23-12-16(2)20(13-21(23)18(4)14-25(27,5)6)15-26-22-9-8-19(24(28)29)11-17(22)3/h8-9,11-13,15,18H,7,10,14H2,1-6H3,(H,28,29). The number of fused-ring (bicyclic) bond motifs is 1. The van der Waals surface area contributed by atoms with Crippen LogP contribution in [-0.2, 0) is 0 Å². The number of aryl methyl sites for hydroxylation is 2. The molecule has 0 bridgehead atoms. The van der Waals surface area contributed by atoms with Gasteiger partial charge in [0.2, 0.25) is 0 Å². The van der Waals surface area contributed by atoms with Crippen molar-refractivity contribution in [2.45, 2.75) is 65.8 Å². The molecule has 2 aromatic carbocycles. The van der Waals surface area contributed by atoms with Gasteiger partial charge in [-0.15, -0.1) is 0 Å². The molecule has 0 saturated carbocycles. The zero-order chi connectivity index (χ0) is 21.3. The molecule has 0 aliphatic carbocycles. The Labute approximate surface area is 174 Å². The van der Waals surface area contributed by atoms with Crippen molar-refractivity contribution in [2.24, 2.45) is 4.99 Å². The van der Waals surface area contributed by atoms with Gasteiger partial charge in [0.25, 0.3) is 0 Å². The smallest absolute Gasteiger partial charge is 0.335 e. The minimum Gasteiger partial charge on any atom is -0.478 e. The first-order chi connectivity index (χ1) is 13.6. The first-order valence-corrected chi connectivity index (χ1v) is 10.4. The molecule has 1 atom stereocenters. The lowest BCUT2D eigenvalue weighted by atomic mass is 9.79. The lowest BCUT2D eigenvalue weighted by Crippen LogP contribution is -2.48. The number of hydrogen-bond donors (Lipinski definition) is 1. The summed E-state index contributed by atoms with van der Waals surface area (Å²) in [4.78, 5) is 18.4. The summed E-state index contributed by atoms with van der Waals surface area (Å²) in [6, 6.07) is 9.65. The predicted molar refractivity (Wildman–Crippen MR) is 121 cm³/mol. The van der Waals surface area contributed by atoms with Crippen LogP contribution in [0.3, 0.4) is 0 Å². The van der Waals surface area contributed by atoms with Crippen LogP contribution < -0.4 is 4.90 Å². The Bertz CT molecular complexity index is 960. The molecule has 1 aliphatic rings. The van der Waals surface area contributed by atoms with Crippen molar-refractivity contribution in [1.29, 1.82) is 0 Å². The van der Waals surface area contributed by atoms with Crippen molar-refractivity contribution in [3.63, 3.8) is 0 Å². The van der Waals surface area contributed by atoms with Gasteiger partial charge in [0, 0.05) is 24.0 Å². The molecule has 0 aromatic heterocycles. The largest absolute Gasteiger partial charge is 0.478 e. The van der Waals surface area contributed by atoms with Gasteiger partial charge in [0.15, 0.2) is 0 Å². The Balaban J connectivity index is 1.98. The Morgan fingerprint density at radius 2 is 1.97 bits per heavy atom. The SMILES string of the molecule is CCCN1c2cc(C)c(C=Nc3ccc(C(=O)O)cc3C)cc2C(C)CC1(C)C. The number of aromatic carboxylic acids is 1. The number of carboxylic acid groups (broad SMARTS) is 1. The van der Waals surface area contributed by atoms with Crippen molar-refractivity contribution >= 4 is 23.6 Å². The van der Waals surface area contributed by atoms with E-state index in [1.807, 2.05) is 13.1 Å². The van der Waals surface area contributed by atoms with E-state index < -0.39 is 5.97 Å². The molecule has 2 aromatic rings. The molecule has 0 fully saturated rings. The number of aliphatic imine (C=N–C) groups is 1. The topological polar surface area (TPSA) is 52.9 Å². The van der Waals surface area contributed by atoms with Crippen LogP contribution in [0.15, 0.2) is 35.3 Å². The van der Waals surface area contributed by atoms with E-state index in [0.29, 0.717) is 11.5 Å². The van der Waals surface area contributed by atoms with E-state index in [0.717, 1.165) is 36.2 Å². The summed E-state index contributed by atoms with van der Waals surface area (Å²) < 4.78 is 0. The maximum atomic E-state index is 11.1. The van der Waals surface area contributed by atoms with Crippen molar-refractivity contribution < 1.29 is 9.90 Å². The van der Waals surface area contributed by atoms with E-state index in [2.05, 4.69) is 56.6 Å². The lowest BCUT2D eigenvalue weighted by Gasteiger charge is -2.48. The number of hydrogen-bond acceptors (Lipinski definition) is 3. The van der Waals surface area contributed by atoms with Gasteiger partial charge in [0.1, 0.15) is 0 Å². The summed E-state index contributed by atoms with van der Waals surface area (Å²) in [5.74, 6) is -0.417. The van der Waals surface area contributed by atoms with Crippen LogP contribution in [0.2, 0.25) is 0 Å². The second-order valence-electron chi connectivity index (χ2n) is 8.90. The van der Waals surface area contributed by atoms with E-state index in [1.165, 1.54) is 16.8 Å². The maximum Gasteiger partial charge on any atom is 0.335 e. The van der Waals surface area contributed by atoms with Crippen molar-refractivity contribution in [2.75, 3.05) is 11.4 Å². The number of nitrogens with zero attached hydrogens (tertiary/aromatic N) is 2. The van der Waals surface area contributed by atoms with Crippen LogP contribution >= 0.6 is 0 Å². The summed E-state index contributed by atoms with van der Waals surface area (Å²) >= 11 is 0. The van der Waals surface area contributed by atoms with E-state index in [9.17, 15) is 4.79 Å². The van der Waals surface area contributed by atoms with E-state index in [4.69, 9.17) is 5.11 Å². The minimum atomic E-state index is -0.914. The highest BCUT2D eigenvalue weighted by Crippen LogP contribution is 2.44. The fourth-order valence-corrected chi connectivity index (χ4v) is 4.51. The van der Waals surface area contributed by atoms with Gasteiger partial charge >= 0.3 is 5.97 Å². The number of benzene rings is 2. The third-order valence-electron chi connectivity index (χ3n) is 6.01. The fraction of sp³-hybridized carbons (Fsp3) is 0.440. The molecular formula is C25H32N2O2. The minimum absolute atomic E-state index is 0.160. The van der Waals surface area contributed by atoms with Crippen LogP contribution in [0.5, 0.6) is 0 Å². The lowest BCUT2D eigenvalue weighted by molar-refractivity contribution is 0.0697. The van der Waals surface area contributed by atoms with Gasteiger partial charge in [-0.3, -0.25) is 4.99 Å². The first-order valence-electron chi connectivity index (χ1n) is 10.4. The molecule has 0 radical (unpaired) electrons. The Hall–Kier alpha value is -2.62. The summed E-state index contributed by atoms with van der Waals surface area (Å²) in [6.07, 6.45) is 4.18. The maximum absolute atomic E-state index is 11.1. The average molecular weight is 393 g/mol. The van der Waals surface area contributed by atoms with Crippen LogP contribution in [-0.4, -0.2) is 29.4 Å². The number of rotatable bonds is 5. The molecule has 0 saturated heterocycles. The average Bonchev–Trinajstić information content (AvgIpc) is 2.64. The molecule has 4 nitrogen and oxygen atoms in total. The molecule has 1 heterocycles. The van der Waals surface area contributed by atoms with Gasteiger partial charge in [0.05, 0.1) is 11.3 Å². The molecule has 154 valence electrons. The van der Waals surface area contributed by atoms with E-state index >= 15 is 0 Å². The molecule has 0 spiro atoms. The molecule has 1 unspecified atom stereocenters. The first kappa shape index (κ1) is 21.1. The second kappa shape index (κ2) is 8.02. The van der Waals surface area contributed by atoms with Crippen molar-refractivity contribution in [1.82, 2.24) is 0 Å². The zero-order valence-corrected chi connectivity index (χ0v) is 18.4. The summed E-state index contributed by atoms with van der Waals surface area (Å²) in [6.45, 7) is 14.3. The predicted octanol–water partition coefficient (Wildman–Crippen LogP) is 6.25. The van der Waals surface area contributed by atoms with Crippen molar-refractivity contribution in [3.8, 4) is 0 Å².